The standard InChI is InChI=1S/C14H12F3NO/c1-9-8-11(14(15,16)17)2-3-12(9)13(19)10-4-6-18-7-5-10/h2-8,13,19H,1H3. The summed E-state index contributed by atoms with van der Waals surface area (Å²) in [6, 6.07) is 6.58. The van der Waals surface area contributed by atoms with Gasteiger partial charge in [-0.2, -0.15) is 13.2 Å². The molecule has 0 aliphatic heterocycles. The van der Waals surface area contributed by atoms with E-state index in [0.29, 0.717) is 16.7 Å². The minimum Gasteiger partial charge on any atom is -0.384 e. The maximum atomic E-state index is 12.6. The molecule has 2 nitrogen and oxygen atoms in total. The Kier molecular flexibility index (Phi) is 3.57. The number of pyridine rings is 1. The zero-order chi connectivity index (χ0) is 14.0. The zero-order valence-corrected chi connectivity index (χ0v) is 10.1. The lowest BCUT2D eigenvalue weighted by Gasteiger charge is -2.16. The van der Waals surface area contributed by atoms with Crippen LogP contribution in [0.2, 0.25) is 0 Å². The minimum absolute atomic E-state index is 0.402. The second-order valence-corrected chi connectivity index (χ2v) is 4.25. The van der Waals surface area contributed by atoms with Crippen LogP contribution in [-0.4, -0.2) is 10.1 Å². The lowest BCUT2D eigenvalue weighted by Crippen LogP contribution is -2.08. The number of benzene rings is 1. The molecule has 19 heavy (non-hydrogen) atoms. The normalized spacial score (nSPS) is 13.3. The molecule has 2 rings (SSSR count). The number of halogens is 3. The van der Waals surface area contributed by atoms with Gasteiger partial charge < -0.3 is 5.11 Å². The predicted octanol–water partition coefficient (Wildman–Crippen LogP) is 3.49. The van der Waals surface area contributed by atoms with Gasteiger partial charge in [0.2, 0.25) is 0 Å². The van der Waals surface area contributed by atoms with Crippen molar-refractivity contribution in [3.05, 3.63) is 65.0 Å². The first-order valence-corrected chi connectivity index (χ1v) is 5.65. The van der Waals surface area contributed by atoms with Crippen LogP contribution in [0.3, 0.4) is 0 Å². The third-order valence-corrected chi connectivity index (χ3v) is 2.91. The number of aliphatic hydroxyl groups is 1. The van der Waals surface area contributed by atoms with Gasteiger partial charge >= 0.3 is 6.18 Å². The van der Waals surface area contributed by atoms with Crippen molar-refractivity contribution >= 4 is 0 Å². The van der Waals surface area contributed by atoms with Gasteiger partial charge in [0, 0.05) is 12.4 Å². The maximum absolute atomic E-state index is 12.6. The molecule has 0 radical (unpaired) electrons. The highest BCUT2D eigenvalue weighted by molar-refractivity contribution is 5.38. The maximum Gasteiger partial charge on any atom is 0.416 e. The summed E-state index contributed by atoms with van der Waals surface area (Å²) in [4.78, 5) is 3.83. The second-order valence-electron chi connectivity index (χ2n) is 4.25. The van der Waals surface area contributed by atoms with Crippen molar-refractivity contribution < 1.29 is 18.3 Å². The van der Waals surface area contributed by atoms with Gasteiger partial charge in [-0.3, -0.25) is 4.98 Å². The van der Waals surface area contributed by atoms with E-state index in [9.17, 15) is 18.3 Å². The van der Waals surface area contributed by atoms with Gasteiger partial charge in [-0.1, -0.05) is 6.07 Å². The molecule has 1 N–H and O–H groups in total. The van der Waals surface area contributed by atoms with Gasteiger partial charge in [0.1, 0.15) is 6.10 Å². The van der Waals surface area contributed by atoms with Gasteiger partial charge in [0.15, 0.2) is 0 Å². The molecule has 0 spiro atoms. The van der Waals surface area contributed by atoms with E-state index in [1.54, 1.807) is 19.1 Å². The lowest BCUT2D eigenvalue weighted by molar-refractivity contribution is -0.137. The van der Waals surface area contributed by atoms with Crippen molar-refractivity contribution in [1.82, 2.24) is 4.98 Å². The van der Waals surface area contributed by atoms with Crippen molar-refractivity contribution in [3.63, 3.8) is 0 Å². The summed E-state index contributed by atoms with van der Waals surface area (Å²) in [6.45, 7) is 1.55. The van der Waals surface area contributed by atoms with Gasteiger partial charge in [-0.25, -0.2) is 0 Å². The Bertz CT molecular complexity index is 567. The smallest absolute Gasteiger partial charge is 0.384 e. The number of aliphatic hydroxyl groups excluding tert-OH is 1. The molecule has 0 bridgehead atoms. The molecule has 1 unspecified atom stereocenters. The Morgan fingerprint density at radius 1 is 1.11 bits per heavy atom. The predicted molar refractivity (Wildman–Crippen MR) is 64.5 cm³/mol. The molecule has 0 saturated heterocycles. The average molecular weight is 267 g/mol. The number of hydrogen-bond acceptors (Lipinski definition) is 2. The Labute approximate surface area is 108 Å². The van der Waals surface area contributed by atoms with Gasteiger partial charge in [0.05, 0.1) is 5.56 Å². The van der Waals surface area contributed by atoms with Crippen LogP contribution in [0, 0.1) is 6.92 Å². The Morgan fingerprint density at radius 3 is 2.26 bits per heavy atom. The van der Waals surface area contributed by atoms with E-state index < -0.39 is 17.8 Å². The lowest BCUT2D eigenvalue weighted by atomic mass is 9.96. The first-order chi connectivity index (χ1) is 8.89. The Morgan fingerprint density at radius 2 is 1.74 bits per heavy atom. The van der Waals surface area contributed by atoms with Crippen LogP contribution >= 0.6 is 0 Å². The summed E-state index contributed by atoms with van der Waals surface area (Å²) in [6.07, 6.45) is -2.27. The van der Waals surface area contributed by atoms with E-state index >= 15 is 0 Å². The molecule has 0 saturated carbocycles. The molecule has 0 aliphatic rings. The number of aromatic nitrogens is 1. The number of aryl methyl sites for hydroxylation is 1. The van der Waals surface area contributed by atoms with E-state index in [-0.39, 0.29) is 0 Å². The molecule has 0 fully saturated rings. The van der Waals surface area contributed by atoms with Crippen molar-refractivity contribution in [3.8, 4) is 0 Å². The van der Waals surface area contributed by atoms with E-state index in [2.05, 4.69) is 4.98 Å². The minimum atomic E-state index is -4.37. The quantitative estimate of drug-likeness (QED) is 0.903. The fraction of sp³-hybridized carbons (Fsp3) is 0.214. The molecule has 2 aromatic rings. The largest absolute Gasteiger partial charge is 0.416 e. The highest BCUT2D eigenvalue weighted by Crippen LogP contribution is 2.32. The summed E-state index contributed by atoms with van der Waals surface area (Å²) >= 11 is 0. The van der Waals surface area contributed by atoms with E-state index in [1.165, 1.54) is 18.5 Å². The summed E-state index contributed by atoms with van der Waals surface area (Å²) in [5.74, 6) is 0. The molecule has 5 heteroatoms. The molecule has 0 aliphatic carbocycles. The highest BCUT2D eigenvalue weighted by atomic mass is 19.4. The summed E-state index contributed by atoms with van der Waals surface area (Å²) < 4.78 is 37.7. The van der Waals surface area contributed by atoms with E-state index in [1.807, 2.05) is 0 Å². The van der Waals surface area contributed by atoms with Crippen LogP contribution in [0.5, 0.6) is 0 Å². The molecule has 1 atom stereocenters. The van der Waals surface area contributed by atoms with Crippen LogP contribution in [-0.2, 0) is 6.18 Å². The zero-order valence-electron chi connectivity index (χ0n) is 10.1. The van der Waals surface area contributed by atoms with Crippen LogP contribution in [0.4, 0.5) is 13.2 Å². The Hall–Kier alpha value is -1.88. The first-order valence-electron chi connectivity index (χ1n) is 5.65. The average Bonchev–Trinajstić information content (AvgIpc) is 2.38. The van der Waals surface area contributed by atoms with Crippen molar-refractivity contribution in [1.29, 1.82) is 0 Å². The highest BCUT2D eigenvalue weighted by Gasteiger charge is 2.31. The third-order valence-electron chi connectivity index (χ3n) is 2.91. The Balaban J connectivity index is 2.37. The van der Waals surface area contributed by atoms with Crippen LogP contribution in [0.25, 0.3) is 0 Å². The number of hydrogen-bond donors (Lipinski definition) is 1. The molecule has 1 heterocycles. The number of rotatable bonds is 2. The van der Waals surface area contributed by atoms with E-state index in [4.69, 9.17) is 0 Å². The summed E-state index contributed by atoms with van der Waals surface area (Å²) in [7, 11) is 0. The molecule has 0 amide bonds. The van der Waals surface area contributed by atoms with Gasteiger partial charge in [0.25, 0.3) is 0 Å². The van der Waals surface area contributed by atoms with Crippen molar-refractivity contribution in [2.45, 2.75) is 19.2 Å². The fourth-order valence-corrected chi connectivity index (χ4v) is 1.88. The second kappa shape index (κ2) is 5.01. The van der Waals surface area contributed by atoms with Crippen molar-refractivity contribution in [2.75, 3.05) is 0 Å². The summed E-state index contributed by atoms with van der Waals surface area (Å²) in [5, 5.41) is 10.2. The monoisotopic (exact) mass is 267 g/mol. The molecule has 1 aromatic heterocycles. The first kappa shape index (κ1) is 13.5. The van der Waals surface area contributed by atoms with Crippen LogP contribution in [0.1, 0.15) is 28.4 Å². The molecule has 100 valence electrons. The number of nitrogens with zero attached hydrogens (tertiary/aromatic N) is 1. The number of alkyl halides is 3. The molecular formula is C14H12F3NO. The molecular weight excluding hydrogens is 255 g/mol. The van der Waals surface area contributed by atoms with Gasteiger partial charge in [-0.15, -0.1) is 0 Å². The third kappa shape index (κ3) is 2.93. The van der Waals surface area contributed by atoms with E-state index in [0.717, 1.165) is 12.1 Å². The van der Waals surface area contributed by atoms with Crippen LogP contribution in [0.15, 0.2) is 42.7 Å². The van der Waals surface area contributed by atoms with Gasteiger partial charge in [-0.05, 0) is 47.9 Å². The molecule has 1 aromatic carbocycles. The fourth-order valence-electron chi connectivity index (χ4n) is 1.88. The van der Waals surface area contributed by atoms with Crippen LogP contribution < -0.4 is 0 Å². The topological polar surface area (TPSA) is 33.1 Å². The summed E-state index contributed by atoms with van der Waals surface area (Å²) in [5.41, 5.74) is 0.742. The SMILES string of the molecule is Cc1cc(C(F)(F)F)ccc1C(O)c1ccncc1. The van der Waals surface area contributed by atoms with Crippen molar-refractivity contribution in [2.24, 2.45) is 0 Å².